The van der Waals surface area contributed by atoms with Gasteiger partial charge < -0.3 is 15.3 Å². The van der Waals surface area contributed by atoms with Gasteiger partial charge in [0.1, 0.15) is 11.6 Å². The van der Waals surface area contributed by atoms with Gasteiger partial charge in [0, 0.05) is 38.7 Å². The fourth-order valence-electron chi connectivity index (χ4n) is 1.98. The normalized spacial score (nSPS) is 19.7. The van der Waals surface area contributed by atoms with E-state index in [1.54, 1.807) is 0 Å². The quantitative estimate of drug-likeness (QED) is 0.619. The Morgan fingerprint density at radius 1 is 1.59 bits per heavy atom. The minimum Gasteiger partial charge on any atom is -0.396 e. The maximum Gasteiger partial charge on any atom is 0.191 e. The van der Waals surface area contributed by atoms with Gasteiger partial charge in [0.25, 0.3) is 0 Å². The fraction of sp³-hybridized carbons (Fsp3) is 0.636. The van der Waals surface area contributed by atoms with Crippen molar-refractivity contribution in [2.24, 2.45) is 5.92 Å². The van der Waals surface area contributed by atoms with Crippen molar-refractivity contribution in [1.82, 2.24) is 9.97 Å². The number of hydrogen-bond donors (Lipinski definition) is 2. The Morgan fingerprint density at radius 3 is 3.00 bits per heavy atom. The van der Waals surface area contributed by atoms with Crippen LogP contribution in [0.25, 0.3) is 0 Å². The summed E-state index contributed by atoms with van der Waals surface area (Å²) in [5, 5.41) is 13.0. The maximum atomic E-state index is 9.16. The number of nitrogens with one attached hydrogen (secondary N) is 1. The van der Waals surface area contributed by atoms with E-state index in [1.807, 2.05) is 19.4 Å². The SMILES string of the molecule is CNc1cc(N2CCC(CO)C2)nc(SC)n1. The third-order valence-electron chi connectivity index (χ3n) is 3.00. The first-order valence-electron chi connectivity index (χ1n) is 5.73. The zero-order chi connectivity index (χ0) is 12.3. The van der Waals surface area contributed by atoms with Crippen LogP contribution in [0.2, 0.25) is 0 Å². The third-order valence-corrected chi connectivity index (χ3v) is 3.55. The number of rotatable bonds is 4. The van der Waals surface area contributed by atoms with Gasteiger partial charge in [-0.2, -0.15) is 0 Å². The molecule has 0 amide bonds. The van der Waals surface area contributed by atoms with E-state index >= 15 is 0 Å². The van der Waals surface area contributed by atoms with Gasteiger partial charge in [-0.25, -0.2) is 9.97 Å². The molecule has 1 fully saturated rings. The summed E-state index contributed by atoms with van der Waals surface area (Å²) in [5.74, 6) is 2.16. The summed E-state index contributed by atoms with van der Waals surface area (Å²) >= 11 is 1.54. The van der Waals surface area contributed by atoms with Gasteiger partial charge in [-0.3, -0.25) is 0 Å². The number of nitrogens with zero attached hydrogens (tertiary/aromatic N) is 3. The van der Waals surface area contributed by atoms with Crippen LogP contribution in [-0.4, -0.2) is 48.1 Å². The lowest BCUT2D eigenvalue weighted by Gasteiger charge is -2.18. The van der Waals surface area contributed by atoms with Crippen molar-refractivity contribution in [2.75, 3.05) is 43.2 Å². The zero-order valence-corrected chi connectivity index (χ0v) is 11.0. The molecule has 1 saturated heterocycles. The van der Waals surface area contributed by atoms with Crippen molar-refractivity contribution in [3.05, 3.63) is 6.07 Å². The Kier molecular flexibility index (Phi) is 4.06. The molecule has 1 unspecified atom stereocenters. The highest BCUT2D eigenvalue weighted by atomic mass is 32.2. The third kappa shape index (κ3) is 2.81. The lowest BCUT2D eigenvalue weighted by molar-refractivity contribution is 0.238. The largest absolute Gasteiger partial charge is 0.396 e. The van der Waals surface area contributed by atoms with E-state index < -0.39 is 0 Å². The van der Waals surface area contributed by atoms with Crippen LogP contribution in [0.3, 0.4) is 0 Å². The molecule has 17 heavy (non-hydrogen) atoms. The first-order valence-corrected chi connectivity index (χ1v) is 6.96. The van der Waals surface area contributed by atoms with Gasteiger partial charge in [0.2, 0.25) is 0 Å². The number of aromatic nitrogens is 2. The Labute approximate surface area is 106 Å². The van der Waals surface area contributed by atoms with Crippen molar-refractivity contribution in [2.45, 2.75) is 11.6 Å². The molecule has 2 heterocycles. The minimum absolute atomic E-state index is 0.260. The van der Waals surface area contributed by atoms with Crippen LogP contribution in [0.5, 0.6) is 0 Å². The lowest BCUT2D eigenvalue weighted by atomic mass is 10.1. The van der Waals surface area contributed by atoms with E-state index in [4.69, 9.17) is 5.11 Å². The summed E-state index contributed by atoms with van der Waals surface area (Å²) in [6.45, 7) is 2.10. The van der Waals surface area contributed by atoms with E-state index in [2.05, 4.69) is 20.2 Å². The molecule has 1 aliphatic rings. The van der Waals surface area contributed by atoms with Gasteiger partial charge in [0.05, 0.1) is 0 Å². The molecular formula is C11H18N4OS. The number of thioether (sulfide) groups is 1. The Balaban J connectivity index is 2.20. The fourth-order valence-corrected chi connectivity index (χ4v) is 2.36. The predicted octanol–water partition coefficient (Wildman–Crippen LogP) is 1.06. The molecule has 2 N–H and O–H groups in total. The van der Waals surface area contributed by atoms with Crippen LogP contribution in [-0.2, 0) is 0 Å². The number of anilines is 2. The molecule has 0 aromatic carbocycles. The molecule has 1 aliphatic heterocycles. The van der Waals surface area contributed by atoms with Crippen LogP contribution in [0.15, 0.2) is 11.2 Å². The van der Waals surface area contributed by atoms with E-state index in [-0.39, 0.29) is 6.61 Å². The molecule has 0 aliphatic carbocycles. The molecule has 1 aromatic rings. The standard InChI is InChI=1S/C11H18N4OS/c1-12-9-5-10(14-11(13-9)17-2)15-4-3-8(6-15)7-16/h5,8,16H,3-4,6-7H2,1-2H3,(H,12,13,14). The van der Waals surface area contributed by atoms with Crippen molar-refractivity contribution in [1.29, 1.82) is 0 Å². The van der Waals surface area contributed by atoms with E-state index in [1.165, 1.54) is 11.8 Å². The molecule has 0 saturated carbocycles. The van der Waals surface area contributed by atoms with Gasteiger partial charge in [-0.15, -0.1) is 0 Å². The highest BCUT2D eigenvalue weighted by Crippen LogP contribution is 2.25. The first-order chi connectivity index (χ1) is 8.26. The topological polar surface area (TPSA) is 61.3 Å². The molecule has 1 aromatic heterocycles. The Hall–Kier alpha value is -1.01. The average Bonchev–Trinajstić information content (AvgIpc) is 2.86. The van der Waals surface area contributed by atoms with Crippen LogP contribution in [0.1, 0.15) is 6.42 Å². The predicted molar refractivity (Wildman–Crippen MR) is 70.8 cm³/mol. The molecule has 1 atom stereocenters. The number of hydrogen-bond acceptors (Lipinski definition) is 6. The van der Waals surface area contributed by atoms with Crippen molar-refractivity contribution >= 4 is 23.4 Å². The van der Waals surface area contributed by atoms with Gasteiger partial charge in [-0.1, -0.05) is 11.8 Å². The van der Waals surface area contributed by atoms with Gasteiger partial charge >= 0.3 is 0 Å². The number of aliphatic hydroxyl groups is 1. The van der Waals surface area contributed by atoms with E-state index in [9.17, 15) is 0 Å². The molecule has 0 spiro atoms. The summed E-state index contributed by atoms with van der Waals surface area (Å²) in [4.78, 5) is 11.1. The molecule has 0 bridgehead atoms. The minimum atomic E-state index is 0.260. The van der Waals surface area contributed by atoms with Crippen molar-refractivity contribution in [3.8, 4) is 0 Å². The van der Waals surface area contributed by atoms with E-state index in [0.29, 0.717) is 5.92 Å². The van der Waals surface area contributed by atoms with Crippen molar-refractivity contribution < 1.29 is 5.11 Å². The second-order valence-corrected chi connectivity index (χ2v) is 4.90. The molecular weight excluding hydrogens is 236 g/mol. The monoisotopic (exact) mass is 254 g/mol. The molecule has 94 valence electrons. The first kappa shape index (κ1) is 12.4. The van der Waals surface area contributed by atoms with Crippen molar-refractivity contribution in [3.63, 3.8) is 0 Å². The molecule has 0 radical (unpaired) electrons. The second kappa shape index (κ2) is 5.55. The Bertz CT molecular complexity index is 365. The Morgan fingerprint density at radius 2 is 2.41 bits per heavy atom. The molecule has 2 rings (SSSR count). The highest BCUT2D eigenvalue weighted by molar-refractivity contribution is 7.98. The van der Waals surface area contributed by atoms with E-state index in [0.717, 1.165) is 36.3 Å². The van der Waals surface area contributed by atoms with Crippen LogP contribution >= 0.6 is 11.8 Å². The van der Waals surface area contributed by atoms with Crippen LogP contribution < -0.4 is 10.2 Å². The summed E-state index contributed by atoms with van der Waals surface area (Å²) < 4.78 is 0. The zero-order valence-electron chi connectivity index (χ0n) is 10.2. The number of aliphatic hydroxyl groups excluding tert-OH is 1. The average molecular weight is 254 g/mol. The maximum absolute atomic E-state index is 9.16. The second-order valence-electron chi connectivity index (χ2n) is 4.13. The molecule has 5 nitrogen and oxygen atoms in total. The molecule has 6 heteroatoms. The summed E-state index contributed by atoms with van der Waals surface area (Å²) in [5.41, 5.74) is 0. The van der Waals surface area contributed by atoms with Crippen LogP contribution in [0, 0.1) is 5.92 Å². The van der Waals surface area contributed by atoms with Crippen LogP contribution in [0.4, 0.5) is 11.6 Å². The van der Waals surface area contributed by atoms with Gasteiger partial charge in [-0.05, 0) is 12.7 Å². The summed E-state index contributed by atoms with van der Waals surface area (Å²) in [6.07, 6.45) is 3.00. The lowest BCUT2D eigenvalue weighted by Crippen LogP contribution is -2.22. The highest BCUT2D eigenvalue weighted by Gasteiger charge is 2.23. The summed E-state index contributed by atoms with van der Waals surface area (Å²) in [7, 11) is 1.86. The smallest absolute Gasteiger partial charge is 0.191 e. The summed E-state index contributed by atoms with van der Waals surface area (Å²) in [6, 6.07) is 1.96. The van der Waals surface area contributed by atoms with Gasteiger partial charge in [0.15, 0.2) is 5.16 Å².